The molecule has 0 saturated carbocycles. The summed E-state index contributed by atoms with van der Waals surface area (Å²) in [6, 6.07) is 14.1. The molecular weight excluding hydrogens is 727 g/mol. The molecule has 0 bridgehead atoms. The van der Waals surface area contributed by atoms with E-state index in [-0.39, 0.29) is 31.4 Å². The lowest BCUT2D eigenvalue weighted by atomic mass is 10.1. The van der Waals surface area contributed by atoms with Crippen molar-refractivity contribution in [2.24, 2.45) is 0 Å². The predicted octanol–water partition coefficient (Wildman–Crippen LogP) is 2.54. The molecule has 2 aromatic carbocycles. The summed E-state index contributed by atoms with van der Waals surface area (Å²) in [5.41, 5.74) is 2.30. The lowest BCUT2D eigenvalue weighted by molar-refractivity contribution is -0.140. The number of aromatic nitrogens is 1. The molecule has 14 nitrogen and oxygen atoms in total. The molecule has 0 aliphatic carbocycles. The number of benzene rings is 2. The number of thiocarbonyl (C=S) groups is 1. The van der Waals surface area contributed by atoms with Crippen molar-refractivity contribution in [2.75, 3.05) is 35.7 Å². The van der Waals surface area contributed by atoms with Gasteiger partial charge in [-0.2, -0.15) is 8.42 Å². The third-order valence-electron chi connectivity index (χ3n) is 7.49. The largest absolute Gasteiger partial charge is 0.480 e. The lowest BCUT2D eigenvalue weighted by Crippen LogP contribution is -2.36. The van der Waals surface area contributed by atoms with Gasteiger partial charge in [0.25, 0.3) is 21.6 Å². The number of anilines is 2. The van der Waals surface area contributed by atoms with Gasteiger partial charge in [-0.05, 0) is 41.8 Å². The summed E-state index contributed by atoms with van der Waals surface area (Å²) in [6.45, 7) is 6.19. The molecular formula is C32H27N5O9S4. The molecule has 1 amide bonds. The van der Waals surface area contributed by atoms with Gasteiger partial charge in [0.05, 0.1) is 28.2 Å². The van der Waals surface area contributed by atoms with E-state index in [1.807, 2.05) is 9.80 Å². The Labute approximate surface area is 298 Å². The molecule has 0 unspecified atom stereocenters. The van der Waals surface area contributed by atoms with Gasteiger partial charge in [0.2, 0.25) is 0 Å². The first-order valence-electron chi connectivity index (χ1n) is 14.6. The molecule has 1 fully saturated rings. The van der Waals surface area contributed by atoms with E-state index in [2.05, 4.69) is 4.85 Å². The van der Waals surface area contributed by atoms with E-state index < -0.39 is 52.4 Å². The fourth-order valence-corrected chi connectivity index (χ4v) is 8.28. The number of allylic oxidation sites excluding steroid dienone is 3. The van der Waals surface area contributed by atoms with Crippen LogP contribution in [0.4, 0.5) is 17.1 Å². The first kappa shape index (κ1) is 36.2. The number of hydrogen-bond acceptors (Lipinski definition) is 11. The van der Waals surface area contributed by atoms with Crippen LogP contribution in [0.15, 0.2) is 71.3 Å². The molecule has 2 aliphatic heterocycles. The van der Waals surface area contributed by atoms with Crippen LogP contribution >= 0.6 is 35.3 Å². The van der Waals surface area contributed by atoms with Crippen molar-refractivity contribution in [3.05, 3.63) is 103 Å². The van der Waals surface area contributed by atoms with Gasteiger partial charge >= 0.3 is 11.9 Å². The fourth-order valence-electron chi connectivity index (χ4n) is 5.28. The summed E-state index contributed by atoms with van der Waals surface area (Å²) in [4.78, 5) is 58.0. The molecule has 50 heavy (non-hydrogen) atoms. The Morgan fingerprint density at radius 2 is 1.72 bits per heavy atom. The zero-order valence-electron chi connectivity index (χ0n) is 26.0. The topological polar surface area (TPSA) is 182 Å². The van der Waals surface area contributed by atoms with Gasteiger partial charge in [-0.3, -0.25) is 33.2 Å². The summed E-state index contributed by atoms with van der Waals surface area (Å²) in [6.07, 6.45) is 5.12. The summed E-state index contributed by atoms with van der Waals surface area (Å²) >= 11 is 6.86. The third kappa shape index (κ3) is 7.87. The zero-order chi connectivity index (χ0) is 36.3. The lowest BCUT2D eigenvalue weighted by Gasteiger charge is -2.22. The maximum atomic E-state index is 13.7. The molecule has 5 rings (SSSR count). The fraction of sp³-hybridized carbons (Fsp3) is 0.188. The standard InChI is InChI=1S/C32H27N5O9S4/c1-33-21-10-11-22-23(16-21)35(13-6-14-50(44,45)46)25(34(22)2)12-9-20(19-7-4-3-5-8-19)15-24-29(42)36(17-26(38)39)31(48-24)28-30(43)37(18-27(40)41)32(47)49-28/h3-5,7-12,15-16H,6,13-14,17-18H2,2H3,(H,38,39)(H,40,41)(H,44,45,46). The Hall–Kier alpha value is -5.06. The van der Waals surface area contributed by atoms with Crippen LogP contribution in [0, 0.1) is 6.57 Å². The second kappa shape index (κ2) is 14.8. The second-order valence-electron chi connectivity index (χ2n) is 10.8. The van der Waals surface area contributed by atoms with E-state index in [0.717, 1.165) is 38.3 Å². The van der Waals surface area contributed by atoms with Gasteiger partial charge in [0, 0.05) is 13.6 Å². The van der Waals surface area contributed by atoms with E-state index in [1.165, 1.54) is 0 Å². The Kier molecular flexibility index (Phi) is 10.7. The molecule has 0 atom stereocenters. The van der Waals surface area contributed by atoms with Crippen LogP contribution in [0.25, 0.3) is 21.4 Å². The Morgan fingerprint density at radius 3 is 2.36 bits per heavy atom. The van der Waals surface area contributed by atoms with Gasteiger partial charge in [-0.1, -0.05) is 66.5 Å². The Bertz CT molecular complexity index is 2320. The number of carbonyl (C=O) groups is 3. The van der Waals surface area contributed by atoms with Gasteiger partial charge < -0.3 is 20.0 Å². The second-order valence-corrected chi connectivity index (χ2v) is 15.1. The molecule has 18 heteroatoms. The van der Waals surface area contributed by atoms with Crippen LogP contribution in [-0.2, 0) is 31.0 Å². The highest BCUT2D eigenvalue weighted by atomic mass is 32.2. The molecule has 1 saturated heterocycles. The van der Waals surface area contributed by atoms with Crippen LogP contribution in [0.3, 0.4) is 0 Å². The predicted molar refractivity (Wildman–Crippen MR) is 195 cm³/mol. The number of rotatable bonds is 11. The highest BCUT2D eigenvalue weighted by Gasteiger charge is 2.35. The maximum Gasteiger partial charge on any atom is 0.323 e. The minimum absolute atomic E-state index is 0.0197. The Morgan fingerprint density at radius 1 is 1.02 bits per heavy atom. The van der Waals surface area contributed by atoms with Crippen LogP contribution in [0.5, 0.6) is 0 Å². The van der Waals surface area contributed by atoms with Crippen molar-refractivity contribution < 1.29 is 37.6 Å². The van der Waals surface area contributed by atoms with Crippen molar-refractivity contribution in [3.63, 3.8) is 0 Å². The minimum atomic E-state index is -4.22. The SMILES string of the molecule is [C-]#[N+]c1ccc2c(c1)N(CCCS(=O)(=O)O)C(=CC=C(C=c1sc(=C3SC(=S)N(CC(=O)O)C3=O)n(CC(=O)O)c1=O)c1ccccc1)N2C. The number of fused-ring (bicyclic) bond motifs is 1. The summed E-state index contributed by atoms with van der Waals surface area (Å²) in [7, 11) is -2.42. The molecule has 0 spiro atoms. The number of thioether (sulfide) groups is 1. The number of amides is 1. The van der Waals surface area contributed by atoms with Gasteiger partial charge in [-0.15, -0.1) is 11.3 Å². The molecule has 258 valence electrons. The number of carbonyl (C=O) groups excluding carboxylic acids is 1. The summed E-state index contributed by atoms with van der Waals surface area (Å²) < 4.78 is 33.3. The highest BCUT2D eigenvalue weighted by Crippen LogP contribution is 2.43. The first-order chi connectivity index (χ1) is 23.7. The number of carboxylic acids is 2. The van der Waals surface area contributed by atoms with E-state index in [4.69, 9.17) is 18.8 Å². The number of aliphatic carboxylic acids is 2. The average molecular weight is 754 g/mol. The molecule has 3 aromatic rings. The van der Waals surface area contributed by atoms with E-state index in [1.54, 1.807) is 73.8 Å². The van der Waals surface area contributed by atoms with Crippen molar-refractivity contribution in [2.45, 2.75) is 13.0 Å². The van der Waals surface area contributed by atoms with E-state index >= 15 is 0 Å². The number of hydrogen-bond donors (Lipinski definition) is 3. The van der Waals surface area contributed by atoms with Gasteiger partial charge in [-0.25, -0.2) is 4.85 Å². The Balaban J connectivity index is 1.68. The minimum Gasteiger partial charge on any atom is -0.480 e. The van der Waals surface area contributed by atoms with Crippen molar-refractivity contribution in [1.29, 1.82) is 0 Å². The average Bonchev–Trinajstić information content (AvgIpc) is 3.61. The quantitative estimate of drug-likeness (QED) is 0.148. The van der Waals surface area contributed by atoms with Crippen LogP contribution in [-0.4, -0.2) is 80.7 Å². The molecule has 0 radical (unpaired) electrons. The zero-order valence-corrected chi connectivity index (χ0v) is 29.3. The summed E-state index contributed by atoms with van der Waals surface area (Å²) in [5, 5.41) is 18.8. The van der Waals surface area contributed by atoms with Crippen LogP contribution in [0.2, 0.25) is 0 Å². The molecule has 2 aliphatic rings. The third-order valence-corrected chi connectivity index (χ3v) is 11.0. The number of nitrogens with zero attached hydrogens (tertiary/aromatic N) is 5. The van der Waals surface area contributed by atoms with Gasteiger partial charge in [0.15, 0.2) is 5.69 Å². The van der Waals surface area contributed by atoms with E-state index in [9.17, 15) is 42.4 Å². The van der Waals surface area contributed by atoms with Crippen molar-refractivity contribution in [1.82, 2.24) is 9.47 Å². The van der Waals surface area contributed by atoms with Crippen molar-refractivity contribution >= 4 is 101 Å². The maximum absolute atomic E-state index is 13.7. The molecule has 1 aromatic heterocycles. The van der Waals surface area contributed by atoms with Gasteiger partial charge in [0.1, 0.15) is 32.8 Å². The van der Waals surface area contributed by atoms with Crippen LogP contribution < -0.4 is 24.6 Å². The number of carboxylic acid groups (broad SMARTS) is 2. The number of thiazole rings is 1. The van der Waals surface area contributed by atoms with E-state index in [0.29, 0.717) is 28.3 Å². The monoisotopic (exact) mass is 753 g/mol. The normalized spacial score (nSPS) is 17.1. The summed E-state index contributed by atoms with van der Waals surface area (Å²) in [5.74, 6) is -3.25. The molecule has 3 heterocycles. The first-order valence-corrected chi connectivity index (χ1v) is 18.2. The smallest absolute Gasteiger partial charge is 0.323 e. The highest BCUT2D eigenvalue weighted by molar-refractivity contribution is 8.30. The molecule has 3 N–H and O–H groups in total. The van der Waals surface area contributed by atoms with Crippen molar-refractivity contribution in [3.8, 4) is 0 Å². The van der Waals surface area contributed by atoms with Crippen LogP contribution in [0.1, 0.15) is 12.0 Å².